The molecule has 5 heteroatoms. The van der Waals surface area contributed by atoms with E-state index in [-0.39, 0.29) is 12.0 Å². The molecule has 2 heterocycles. The van der Waals surface area contributed by atoms with Gasteiger partial charge in [-0.2, -0.15) is 11.3 Å². The van der Waals surface area contributed by atoms with Crippen LogP contribution in [0.1, 0.15) is 30.0 Å². The lowest BCUT2D eigenvalue weighted by atomic mass is 9.92. The van der Waals surface area contributed by atoms with Crippen LogP contribution >= 0.6 is 27.3 Å². The fourth-order valence-corrected chi connectivity index (χ4v) is 4.26. The number of hydrogen-bond donors (Lipinski definition) is 1. The highest BCUT2D eigenvalue weighted by atomic mass is 79.9. The summed E-state index contributed by atoms with van der Waals surface area (Å²) in [5.74, 6) is -0.940. The van der Waals surface area contributed by atoms with Gasteiger partial charge in [-0.3, -0.25) is 9.69 Å². The van der Waals surface area contributed by atoms with Gasteiger partial charge in [0.15, 0.2) is 0 Å². The number of piperidine rings is 1. The van der Waals surface area contributed by atoms with Crippen molar-refractivity contribution in [3.8, 4) is 0 Å². The SMILES string of the molecule is O=C(O)C1CCCN(C(c2ccsc2)c2cccc(Br)c2)C1. The number of hydrogen-bond acceptors (Lipinski definition) is 3. The summed E-state index contributed by atoms with van der Waals surface area (Å²) in [5.41, 5.74) is 2.45. The summed E-state index contributed by atoms with van der Waals surface area (Å²) in [6.45, 7) is 1.55. The maximum Gasteiger partial charge on any atom is 0.307 e. The van der Waals surface area contributed by atoms with Crippen molar-refractivity contribution in [1.82, 2.24) is 4.90 Å². The van der Waals surface area contributed by atoms with E-state index >= 15 is 0 Å². The minimum absolute atomic E-state index is 0.130. The highest BCUT2D eigenvalue weighted by Crippen LogP contribution is 2.34. The summed E-state index contributed by atoms with van der Waals surface area (Å²) in [6.07, 6.45) is 1.71. The molecule has 3 nitrogen and oxygen atoms in total. The van der Waals surface area contributed by atoms with E-state index < -0.39 is 5.97 Å². The fourth-order valence-electron chi connectivity index (χ4n) is 3.16. The van der Waals surface area contributed by atoms with Gasteiger partial charge in [0.25, 0.3) is 0 Å². The Morgan fingerprint density at radius 1 is 1.36 bits per heavy atom. The molecule has 1 aromatic carbocycles. The van der Waals surface area contributed by atoms with E-state index in [0.29, 0.717) is 6.54 Å². The quantitative estimate of drug-likeness (QED) is 0.855. The lowest BCUT2D eigenvalue weighted by Crippen LogP contribution is -2.41. The number of benzene rings is 1. The van der Waals surface area contributed by atoms with E-state index in [1.165, 1.54) is 11.1 Å². The Bertz CT molecular complexity index is 644. The molecule has 116 valence electrons. The van der Waals surface area contributed by atoms with Crippen molar-refractivity contribution in [2.24, 2.45) is 5.92 Å². The largest absolute Gasteiger partial charge is 0.481 e. The molecule has 3 rings (SSSR count). The molecule has 2 atom stereocenters. The number of carbonyl (C=O) groups is 1. The molecule has 1 aliphatic rings. The number of carboxylic acid groups (broad SMARTS) is 1. The monoisotopic (exact) mass is 379 g/mol. The van der Waals surface area contributed by atoms with Gasteiger partial charge >= 0.3 is 5.97 Å². The van der Waals surface area contributed by atoms with Crippen LogP contribution in [0.4, 0.5) is 0 Å². The predicted octanol–water partition coefficient (Wildman–Crippen LogP) is 4.40. The van der Waals surface area contributed by atoms with Gasteiger partial charge < -0.3 is 5.11 Å². The highest BCUT2D eigenvalue weighted by molar-refractivity contribution is 9.10. The van der Waals surface area contributed by atoms with Crippen molar-refractivity contribution in [1.29, 1.82) is 0 Å². The lowest BCUT2D eigenvalue weighted by molar-refractivity contribution is -0.143. The first kappa shape index (κ1) is 15.7. The number of halogens is 1. The average Bonchev–Trinajstić information content (AvgIpc) is 3.02. The molecule has 1 saturated heterocycles. The molecule has 22 heavy (non-hydrogen) atoms. The molecular weight excluding hydrogens is 362 g/mol. The predicted molar refractivity (Wildman–Crippen MR) is 92.2 cm³/mol. The maximum absolute atomic E-state index is 11.4. The molecule has 0 amide bonds. The fraction of sp³-hybridized carbons (Fsp3) is 0.353. The van der Waals surface area contributed by atoms with Crippen molar-refractivity contribution < 1.29 is 9.90 Å². The first-order chi connectivity index (χ1) is 10.6. The van der Waals surface area contributed by atoms with Crippen LogP contribution < -0.4 is 0 Å². The summed E-state index contributed by atoms with van der Waals surface area (Å²) in [4.78, 5) is 13.7. The Hall–Kier alpha value is -1.17. The van der Waals surface area contributed by atoms with Crippen molar-refractivity contribution in [3.63, 3.8) is 0 Å². The number of carboxylic acids is 1. The van der Waals surface area contributed by atoms with E-state index in [4.69, 9.17) is 0 Å². The molecule has 2 unspecified atom stereocenters. The van der Waals surface area contributed by atoms with E-state index in [2.05, 4.69) is 49.8 Å². The lowest BCUT2D eigenvalue weighted by Gasteiger charge is -2.37. The maximum atomic E-state index is 11.4. The molecule has 0 spiro atoms. The minimum atomic E-state index is -0.678. The third-order valence-electron chi connectivity index (χ3n) is 4.19. The van der Waals surface area contributed by atoms with Gasteiger partial charge in [-0.25, -0.2) is 0 Å². The summed E-state index contributed by atoms with van der Waals surface area (Å²) in [6, 6.07) is 10.6. The summed E-state index contributed by atoms with van der Waals surface area (Å²) < 4.78 is 1.05. The van der Waals surface area contributed by atoms with Crippen molar-refractivity contribution in [3.05, 3.63) is 56.7 Å². The van der Waals surface area contributed by atoms with Gasteiger partial charge in [-0.1, -0.05) is 28.1 Å². The van der Waals surface area contributed by atoms with E-state index in [1.807, 2.05) is 12.1 Å². The number of rotatable bonds is 4. The molecule has 1 aromatic heterocycles. The van der Waals surface area contributed by atoms with Crippen LogP contribution in [0.2, 0.25) is 0 Å². The van der Waals surface area contributed by atoms with Crippen LogP contribution in [0.15, 0.2) is 45.6 Å². The molecule has 0 saturated carbocycles. The normalized spacial score (nSPS) is 20.7. The molecular formula is C17H18BrNO2S. The molecule has 1 N–H and O–H groups in total. The number of nitrogens with zero attached hydrogens (tertiary/aromatic N) is 1. The molecule has 1 fully saturated rings. The third-order valence-corrected chi connectivity index (χ3v) is 5.39. The standard InChI is InChI=1S/C17H18BrNO2S/c18-15-5-1-3-12(9-15)16(14-6-8-22-11-14)19-7-2-4-13(10-19)17(20)21/h1,3,5-6,8-9,11,13,16H,2,4,7,10H2,(H,20,21). The number of likely N-dealkylation sites (tertiary alicyclic amines) is 1. The molecule has 0 radical (unpaired) electrons. The summed E-state index contributed by atoms with van der Waals surface area (Å²) in [5, 5.41) is 13.6. The molecule has 0 aliphatic carbocycles. The van der Waals surface area contributed by atoms with Crippen molar-refractivity contribution in [2.75, 3.05) is 13.1 Å². The molecule has 0 bridgehead atoms. The third kappa shape index (κ3) is 3.42. The minimum Gasteiger partial charge on any atom is -0.481 e. The van der Waals surface area contributed by atoms with E-state index in [0.717, 1.165) is 23.9 Å². The highest BCUT2D eigenvalue weighted by Gasteiger charge is 2.31. The van der Waals surface area contributed by atoms with Crippen molar-refractivity contribution in [2.45, 2.75) is 18.9 Å². The van der Waals surface area contributed by atoms with Gasteiger partial charge in [0.05, 0.1) is 12.0 Å². The Morgan fingerprint density at radius 2 is 2.23 bits per heavy atom. The van der Waals surface area contributed by atoms with Gasteiger partial charge in [0, 0.05) is 11.0 Å². The molecule has 1 aliphatic heterocycles. The van der Waals surface area contributed by atoms with E-state index in [1.54, 1.807) is 11.3 Å². The zero-order valence-corrected chi connectivity index (χ0v) is 14.5. The van der Waals surface area contributed by atoms with Gasteiger partial charge in [0.1, 0.15) is 0 Å². The van der Waals surface area contributed by atoms with Gasteiger partial charge in [-0.15, -0.1) is 0 Å². The van der Waals surface area contributed by atoms with Crippen LogP contribution in [-0.2, 0) is 4.79 Å². The van der Waals surface area contributed by atoms with Gasteiger partial charge in [-0.05, 0) is 59.5 Å². The average molecular weight is 380 g/mol. The van der Waals surface area contributed by atoms with Crippen LogP contribution in [0, 0.1) is 5.92 Å². The summed E-state index contributed by atoms with van der Waals surface area (Å²) >= 11 is 5.23. The zero-order valence-electron chi connectivity index (χ0n) is 12.1. The number of thiophene rings is 1. The Kier molecular flexibility index (Phi) is 4.96. The Labute approximate surface area is 142 Å². The Balaban J connectivity index is 1.94. The smallest absolute Gasteiger partial charge is 0.307 e. The van der Waals surface area contributed by atoms with Crippen LogP contribution in [0.3, 0.4) is 0 Å². The number of aliphatic carboxylic acids is 1. The van der Waals surface area contributed by atoms with Crippen molar-refractivity contribution >= 4 is 33.2 Å². The second-order valence-corrected chi connectivity index (χ2v) is 7.38. The zero-order chi connectivity index (χ0) is 15.5. The topological polar surface area (TPSA) is 40.5 Å². The van der Waals surface area contributed by atoms with E-state index in [9.17, 15) is 9.90 Å². The van der Waals surface area contributed by atoms with Gasteiger partial charge in [0.2, 0.25) is 0 Å². The second-order valence-electron chi connectivity index (χ2n) is 5.69. The molecule has 2 aromatic rings. The Morgan fingerprint density at radius 3 is 2.91 bits per heavy atom. The first-order valence-electron chi connectivity index (χ1n) is 7.39. The summed E-state index contributed by atoms with van der Waals surface area (Å²) in [7, 11) is 0. The van der Waals surface area contributed by atoms with Crippen LogP contribution in [0.25, 0.3) is 0 Å². The second kappa shape index (κ2) is 6.94. The first-order valence-corrected chi connectivity index (χ1v) is 9.13. The van der Waals surface area contributed by atoms with Crippen LogP contribution in [-0.4, -0.2) is 29.1 Å². The van der Waals surface area contributed by atoms with Crippen LogP contribution in [0.5, 0.6) is 0 Å².